The first-order valence-corrected chi connectivity index (χ1v) is 7.33. The summed E-state index contributed by atoms with van der Waals surface area (Å²) >= 11 is 0. The lowest BCUT2D eigenvalue weighted by Crippen LogP contribution is -2.50. The number of carbonyl (C=O) groups excluding carboxylic acids is 2. The van der Waals surface area contributed by atoms with E-state index in [-0.39, 0.29) is 12.2 Å². The second kappa shape index (κ2) is 7.56. The molecule has 2 aromatic rings. The van der Waals surface area contributed by atoms with Crippen LogP contribution in [0.2, 0.25) is 0 Å². The van der Waals surface area contributed by atoms with Gasteiger partial charge in [-0.05, 0) is 23.8 Å². The first-order valence-electron chi connectivity index (χ1n) is 7.33. The lowest BCUT2D eigenvalue weighted by molar-refractivity contribution is -0.143. The molecule has 0 saturated carbocycles. The topological polar surface area (TPSA) is 104 Å². The fraction of sp³-hybridized carbons (Fsp3) is 0.235. The minimum absolute atomic E-state index is 0.0318. The fourth-order valence-electron chi connectivity index (χ4n) is 2.36. The molecule has 1 atom stereocenters. The van der Waals surface area contributed by atoms with Gasteiger partial charge in [0.25, 0.3) is 5.91 Å². The number of ether oxygens (including phenoxy) is 1. The molecule has 7 nitrogen and oxygen atoms in total. The van der Waals surface area contributed by atoms with E-state index in [1.807, 2.05) is 0 Å². The highest BCUT2D eigenvalue weighted by atomic mass is 16.6. The van der Waals surface area contributed by atoms with Crippen LogP contribution in [-0.2, 0) is 9.53 Å². The largest absolute Gasteiger partial charge is 0.480 e. The molecule has 1 unspecified atom stereocenters. The highest BCUT2D eigenvalue weighted by Crippen LogP contribution is 2.21. The highest BCUT2D eigenvalue weighted by molar-refractivity contribution is 6.12. The van der Waals surface area contributed by atoms with E-state index < -0.39 is 30.6 Å². The van der Waals surface area contributed by atoms with Gasteiger partial charge in [-0.15, -0.1) is 0 Å². The van der Waals surface area contributed by atoms with E-state index in [1.54, 1.807) is 36.4 Å². The Bertz CT molecular complexity index is 767. The molecule has 0 radical (unpaired) electrons. The number of carboxylic acids is 1. The zero-order valence-electron chi connectivity index (χ0n) is 13.0. The minimum atomic E-state index is -1.73. The van der Waals surface area contributed by atoms with Crippen LogP contribution in [0.1, 0.15) is 17.3 Å². The Morgan fingerprint density at radius 2 is 1.79 bits per heavy atom. The number of aliphatic hydroxyl groups excluding tert-OH is 1. The van der Waals surface area contributed by atoms with Gasteiger partial charge in [0.1, 0.15) is 0 Å². The van der Waals surface area contributed by atoms with E-state index in [0.717, 1.165) is 5.39 Å². The molecule has 2 N–H and O–H groups in total. The standard InChI is InChI=1S/C17H17NO6/c1-2-24-17(23)18(14(10-19)16(21)22)15(20)13-9-5-7-11-6-3-4-8-12(11)13/h3-9,14,19H,2,10H2,1H3,(H,21,22). The van der Waals surface area contributed by atoms with Crippen molar-refractivity contribution in [1.29, 1.82) is 0 Å². The van der Waals surface area contributed by atoms with Gasteiger partial charge in [0, 0.05) is 5.56 Å². The number of carbonyl (C=O) groups is 3. The Balaban J connectivity index is 2.54. The van der Waals surface area contributed by atoms with Crippen molar-refractivity contribution >= 4 is 28.7 Å². The van der Waals surface area contributed by atoms with Crippen molar-refractivity contribution in [2.75, 3.05) is 13.2 Å². The summed E-state index contributed by atoms with van der Waals surface area (Å²) in [5, 5.41) is 19.9. The first kappa shape index (κ1) is 17.4. The number of aliphatic carboxylic acids is 1. The monoisotopic (exact) mass is 331 g/mol. The van der Waals surface area contributed by atoms with E-state index in [1.165, 1.54) is 13.0 Å². The van der Waals surface area contributed by atoms with Crippen LogP contribution >= 0.6 is 0 Å². The van der Waals surface area contributed by atoms with Gasteiger partial charge in [-0.2, -0.15) is 0 Å². The molecule has 2 amide bonds. The summed E-state index contributed by atoms with van der Waals surface area (Å²) in [5.74, 6) is -2.34. The van der Waals surface area contributed by atoms with E-state index in [2.05, 4.69) is 0 Å². The van der Waals surface area contributed by atoms with Crippen molar-refractivity contribution in [2.45, 2.75) is 13.0 Å². The summed E-state index contributed by atoms with van der Waals surface area (Å²) in [4.78, 5) is 36.7. The number of rotatable bonds is 5. The maximum atomic E-state index is 12.8. The molecular formula is C17H17NO6. The van der Waals surface area contributed by atoms with Gasteiger partial charge in [-0.25, -0.2) is 14.5 Å². The van der Waals surface area contributed by atoms with Gasteiger partial charge in [0.05, 0.1) is 13.2 Å². The van der Waals surface area contributed by atoms with Gasteiger partial charge in [0.2, 0.25) is 0 Å². The number of imide groups is 1. The van der Waals surface area contributed by atoms with Crippen LogP contribution < -0.4 is 0 Å². The lowest BCUT2D eigenvalue weighted by Gasteiger charge is -2.25. The molecule has 0 heterocycles. The normalized spacial score (nSPS) is 11.8. The summed E-state index contributed by atoms with van der Waals surface area (Å²) < 4.78 is 4.78. The third-order valence-corrected chi connectivity index (χ3v) is 3.47. The molecular weight excluding hydrogens is 314 g/mol. The van der Waals surface area contributed by atoms with Gasteiger partial charge >= 0.3 is 12.1 Å². The van der Waals surface area contributed by atoms with Gasteiger partial charge in [-0.1, -0.05) is 36.4 Å². The smallest absolute Gasteiger partial charge is 0.417 e. The third-order valence-electron chi connectivity index (χ3n) is 3.47. The zero-order valence-corrected chi connectivity index (χ0v) is 13.0. The Morgan fingerprint density at radius 1 is 1.12 bits per heavy atom. The van der Waals surface area contributed by atoms with Crippen molar-refractivity contribution in [1.82, 2.24) is 4.90 Å². The minimum Gasteiger partial charge on any atom is -0.480 e. The van der Waals surface area contributed by atoms with Crippen molar-refractivity contribution < 1.29 is 29.3 Å². The summed E-state index contributed by atoms with van der Waals surface area (Å²) in [7, 11) is 0. The van der Waals surface area contributed by atoms with E-state index in [4.69, 9.17) is 4.74 Å². The predicted molar refractivity (Wildman–Crippen MR) is 85.6 cm³/mol. The molecule has 0 bridgehead atoms. The third kappa shape index (κ3) is 3.36. The van der Waals surface area contributed by atoms with Gasteiger partial charge < -0.3 is 14.9 Å². The van der Waals surface area contributed by atoms with Crippen LogP contribution in [0.4, 0.5) is 4.79 Å². The van der Waals surface area contributed by atoms with Crippen LogP contribution in [-0.4, -0.2) is 52.3 Å². The number of hydrogen-bond donors (Lipinski definition) is 2. The molecule has 126 valence electrons. The first-order chi connectivity index (χ1) is 11.5. The molecule has 2 aromatic carbocycles. The molecule has 0 spiro atoms. The highest BCUT2D eigenvalue weighted by Gasteiger charge is 2.36. The quantitative estimate of drug-likeness (QED) is 0.867. The number of amides is 2. The van der Waals surface area contributed by atoms with Crippen molar-refractivity contribution in [3.05, 3.63) is 48.0 Å². The molecule has 0 fully saturated rings. The van der Waals surface area contributed by atoms with Crippen LogP contribution in [0.5, 0.6) is 0 Å². The summed E-state index contributed by atoms with van der Waals surface area (Å²) in [6.07, 6.45) is -1.11. The molecule has 0 saturated heterocycles. The van der Waals surface area contributed by atoms with E-state index >= 15 is 0 Å². The SMILES string of the molecule is CCOC(=O)N(C(=O)c1cccc2ccccc12)C(CO)C(=O)O. The second-order valence-electron chi connectivity index (χ2n) is 4.94. The molecule has 0 aliphatic carbocycles. The Hall–Kier alpha value is -2.93. The average Bonchev–Trinajstić information content (AvgIpc) is 2.58. The summed E-state index contributed by atoms with van der Waals surface area (Å²) in [6, 6.07) is 10.2. The molecule has 7 heteroatoms. The van der Waals surface area contributed by atoms with Gasteiger partial charge in [-0.3, -0.25) is 4.79 Å². The Morgan fingerprint density at radius 3 is 2.42 bits per heavy atom. The van der Waals surface area contributed by atoms with Crippen molar-refractivity contribution in [3.63, 3.8) is 0 Å². The predicted octanol–water partition coefficient (Wildman–Crippen LogP) is 1.88. The second-order valence-corrected chi connectivity index (χ2v) is 4.94. The van der Waals surface area contributed by atoms with E-state index in [0.29, 0.717) is 10.3 Å². The Kier molecular flexibility index (Phi) is 5.49. The number of fused-ring (bicyclic) bond motifs is 1. The van der Waals surface area contributed by atoms with Crippen LogP contribution in [0.25, 0.3) is 10.8 Å². The van der Waals surface area contributed by atoms with Crippen LogP contribution in [0.3, 0.4) is 0 Å². The summed E-state index contributed by atoms with van der Waals surface area (Å²) in [6.45, 7) is 0.591. The Labute approximate surface area is 138 Å². The molecule has 0 aliphatic heterocycles. The van der Waals surface area contributed by atoms with Crippen LogP contribution in [0.15, 0.2) is 42.5 Å². The zero-order chi connectivity index (χ0) is 17.7. The summed E-state index contributed by atoms with van der Waals surface area (Å²) in [5.41, 5.74) is 0.154. The number of benzene rings is 2. The number of hydrogen-bond acceptors (Lipinski definition) is 5. The number of aliphatic hydroxyl groups is 1. The van der Waals surface area contributed by atoms with Crippen LogP contribution in [0, 0.1) is 0 Å². The van der Waals surface area contributed by atoms with Crippen molar-refractivity contribution in [2.24, 2.45) is 0 Å². The fourth-order valence-corrected chi connectivity index (χ4v) is 2.36. The maximum Gasteiger partial charge on any atom is 0.417 e. The molecule has 24 heavy (non-hydrogen) atoms. The maximum absolute atomic E-state index is 12.8. The molecule has 0 aliphatic rings. The van der Waals surface area contributed by atoms with E-state index in [9.17, 15) is 24.6 Å². The average molecular weight is 331 g/mol. The lowest BCUT2D eigenvalue weighted by atomic mass is 10.0. The van der Waals surface area contributed by atoms with Crippen molar-refractivity contribution in [3.8, 4) is 0 Å². The molecule has 2 rings (SSSR count). The number of nitrogens with zero attached hydrogens (tertiary/aromatic N) is 1. The van der Waals surface area contributed by atoms with Gasteiger partial charge in [0.15, 0.2) is 6.04 Å². The molecule has 0 aromatic heterocycles. The number of carboxylic acid groups (broad SMARTS) is 1.